The van der Waals surface area contributed by atoms with Crippen LogP contribution in [-0.2, 0) is 9.59 Å². The summed E-state index contributed by atoms with van der Waals surface area (Å²) in [5, 5.41) is 5.72. The van der Waals surface area contributed by atoms with Crippen LogP contribution in [0.4, 0.5) is 0 Å². The third-order valence-corrected chi connectivity index (χ3v) is 3.91. The van der Waals surface area contributed by atoms with Gasteiger partial charge in [-0.25, -0.2) is 0 Å². The molecule has 0 saturated heterocycles. The Labute approximate surface area is 122 Å². The Hall–Kier alpha value is -1.10. The van der Waals surface area contributed by atoms with Crippen LogP contribution in [0.2, 0.25) is 0 Å². The number of amides is 2. The standard InChI is InChI=1S/C15H29N3O2/c1-11(2)10-18-14(19)7-8-17-15(20)13-5-3-12(9-16)4-6-13/h11-13H,3-10,16H2,1-2H3,(H,17,20)(H,18,19). The van der Waals surface area contributed by atoms with Gasteiger partial charge in [-0.1, -0.05) is 13.8 Å². The van der Waals surface area contributed by atoms with Crippen molar-refractivity contribution in [1.82, 2.24) is 10.6 Å². The number of nitrogens with two attached hydrogens (primary N) is 1. The first-order valence-electron chi connectivity index (χ1n) is 7.77. The first kappa shape index (κ1) is 17.0. The van der Waals surface area contributed by atoms with Crippen molar-refractivity contribution in [1.29, 1.82) is 0 Å². The zero-order chi connectivity index (χ0) is 15.0. The van der Waals surface area contributed by atoms with Gasteiger partial charge in [0.2, 0.25) is 11.8 Å². The molecule has 1 rings (SSSR count). The second kappa shape index (κ2) is 8.95. The van der Waals surface area contributed by atoms with E-state index < -0.39 is 0 Å². The molecule has 5 heteroatoms. The van der Waals surface area contributed by atoms with Crippen LogP contribution in [0.3, 0.4) is 0 Å². The summed E-state index contributed by atoms with van der Waals surface area (Å²) in [6.07, 6.45) is 4.30. The third kappa shape index (κ3) is 6.37. The largest absolute Gasteiger partial charge is 0.356 e. The van der Waals surface area contributed by atoms with E-state index in [0.717, 1.165) is 32.2 Å². The van der Waals surface area contributed by atoms with Crippen molar-refractivity contribution in [3.8, 4) is 0 Å². The van der Waals surface area contributed by atoms with Crippen LogP contribution in [0.25, 0.3) is 0 Å². The lowest BCUT2D eigenvalue weighted by atomic mass is 9.81. The van der Waals surface area contributed by atoms with Gasteiger partial charge < -0.3 is 16.4 Å². The van der Waals surface area contributed by atoms with E-state index in [1.807, 2.05) is 0 Å². The van der Waals surface area contributed by atoms with Crippen molar-refractivity contribution < 1.29 is 9.59 Å². The first-order chi connectivity index (χ1) is 9.52. The summed E-state index contributed by atoms with van der Waals surface area (Å²) >= 11 is 0. The number of hydrogen-bond acceptors (Lipinski definition) is 3. The van der Waals surface area contributed by atoms with Gasteiger partial charge in [-0.05, 0) is 44.1 Å². The zero-order valence-corrected chi connectivity index (χ0v) is 12.8. The summed E-state index contributed by atoms with van der Waals surface area (Å²) in [5.41, 5.74) is 5.64. The normalized spacial score (nSPS) is 22.6. The molecule has 0 bridgehead atoms. The van der Waals surface area contributed by atoms with Crippen molar-refractivity contribution in [2.24, 2.45) is 23.5 Å². The quantitative estimate of drug-likeness (QED) is 0.652. The number of carbonyl (C=O) groups is 2. The summed E-state index contributed by atoms with van der Waals surface area (Å²) in [5.74, 6) is 1.24. The molecule has 0 atom stereocenters. The molecule has 20 heavy (non-hydrogen) atoms. The molecule has 1 aliphatic rings. The van der Waals surface area contributed by atoms with E-state index in [2.05, 4.69) is 24.5 Å². The molecule has 5 nitrogen and oxygen atoms in total. The van der Waals surface area contributed by atoms with Gasteiger partial charge >= 0.3 is 0 Å². The van der Waals surface area contributed by atoms with Crippen LogP contribution >= 0.6 is 0 Å². The monoisotopic (exact) mass is 283 g/mol. The summed E-state index contributed by atoms with van der Waals surface area (Å²) in [4.78, 5) is 23.5. The van der Waals surface area contributed by atoms with Gasteiger partial charge in [-0.3, -0.25) is 9.59 Å². The second-order valence-electron chi connectivity index (χ2n) is 6.19. The van der Waals surface area contributed by atoms with E-state index in [1.165, 1.54) is 0 Å². The van der Waals surface area contributed by atoms with Crippen LogP contribution < -0.4 is 16.4 Å². The summed E-state index contributed by atoms with van der Waals surface area (Å²) in [6.45, 7) is 5.96. The number of rotatable bonds is 7. The Kier molecular flexibility index (Phi) is 7.59. The van der Waals surface area contributed by atoms with Crippen LogP contribution in [0.1, 0.15) is 46.0 Å². The lowest BCUT2D eigenvalue weighted by Gasteiger charge is -2.26. The van der Waals surface area contributed by atoms with Gasteiger partial charge in [-0.2, -0.15) is 0 Å². The van der Waals surface area contributed by atoms with E-state index >= 15 is 0 Å². The van der Waals surface area contributed by atoms with E-state index in [4.69, 9.17) is 5.73 Å². The van der Waals surface area contributed by atoms with Gasteiger partial charge in [0.05, 0.1) is 0 Å². The maximum atomic E-state index is 12.0. The minimum Gasteiger partial charge on any atom is -0.356 e. The second-order valence-corrected chi connectivity index (χ2v) is 6.19. The number of nitrogens with one attached hydrogen (secondary N) is 2. The van der Waals surface area contributed by atoms with Crippen molar-refractivity contribution >= 4 is 11.8 Å². The molecule has 0 radical (unpaired) electrons. The average molecular weight is 283 g/mol. The summed E-state index contributed by atoms with van der Waals surface area (Å²) < 4.78 is 0. The Balaban J connectivity index is 2.12. The van der Waals surface area contributed by atoms with Crippen molar-refractivity contribution in [3.63, 3.8) is 0 Å². The van der Waals surface area contributed by atoms with Gasteiger partial charge in [0.1, 0.15) is 0 Å². The van der Waals surface area contributed by atoms with Gasteiger partial charge in [0, 0.05) is 25.4 Å². The Morgan fingerprint density at radius 3 is 2.35 bits per heavy atom. The molecule has 1 fully saturated rings. The topological polar surface area (TPSA) is 84.2 Å². The summed E-state index contributed by atoms with van der Waals surface area (Å²) in [7, 11) is 0. The van der Waals surface area contributed by atoms with Crippen LogP contribution in [-0.4, -0.2) is 31.4 Å². The summed E-state index contributed by atoms with van der Waals surface area (Å²) in [6, 6.07) is 0. The molecule has 4 N–H and O–H groups in total. The van der Waals surface area contributed by atoms with E-state index in [-0.39, 0.29) is 17.7 Å². The molecule has 1 saturated carbocycles. The molecule has 0 spiro atoms. The molecular weight excluding hydrogens is 254 g/mol. The third-order valence-electron chi connectivity index (χ3n) is 3.91. The van der Waals surface area contributed by atoms with Gasteiger partial charge in [0.25, 0.3) is 0 Å². The molecule has 0 aromatic carbocycles. The molecule has 0 aromatic rings. The number of hydrogen-bond donors (Lipinski definition) is 3. The van der Waals surface area contributed by atoms with Gasteiger partial charge in [0.15, 0.2) is 0 Å². The molecule has 0 aromatic heterocycles. The highest BCUT2D eigenvalue weighted by Gasteiger charge is 2.25. The highest BCUT2D eigenvalue weighted by molar-refractivity contribution is 5.80. The van der Waals surface area contributed by atoms with Crippen LogP contribution in [0, 0.1) is 17.8 Å². The van der Waals surface area contributed by atoms with Crippen molar-refractivity contribution in [2.45, 2.75) is 46.0 Å². The predicted molar refractivity (Wildman–Crippen MR) is 80.0 cm³/mol. The van der Waals surface area contributed by atoms with Crippen molar-refractivity contribution in [2.75, 3.05) is 19.6 Å². The SMILES string of the molecule is CC(C)CNC(=O)CCNC(=O)C1CCC(CN)CC1. The maximum Gasteiger partial charge on any atom is 0.223 e. The smallest absolute Gasteiger partial charge is 0.223 e. The van der Waals surface area contributed by atoms with E-state index in [1.54, 1.807) is 0 Å². The van der Waals surface area contributed by atoms with Crippen LogP contribution in [0.5, 0.6) is 0 Å². The van der Waals surface area contributed by atoms with E-state index in [0.29, 0.717) is 31.3 Å². The molecule has 0 unspecified atom stereocenters. The predicted octanol–water partition coefficient (Wildman–Crippen LogP) is 1.03. The molecule has 1 aliphatic carbocycles. The van der Waals surface area contributed by atoms with Gasteiger partial charge in [-0.15, -0.1) is 0 Å². The Bertz CT molecular complexity index is 310. The number of carbonyl (C=O) groups excluding carboxylic acids is 2. The average Bonchev–Trinajstić information content (AvgIpc) is 2.45. The zero-order valence-electron chi connectivity index (χ0n) is 12.8. The lowest BCUT2D eigenvalue weighted by Crippen LogP contribution is -2.37. The highest BCUT2D eigenvalue weighted by atomic mass is 16.2. The van der Waals surface area contributed by atoms with E-state index in [9.17, 15) is 9.59 Å². The molecule has 2 amide bonds. The molecular formula is C15H29N3O2. The Morgan fingerprint density at radius 2 is 1.80 bits per heavy atom. The fourth-order valence-electron chi connectivity index (χ4n) is 2.51. The Morgan fingerprint density at radius 1 is 1.15 bits per heavy atom. The minimum absolute atomic E-state index is 0.00541. The highest BCUT2D eigenvalue weighted by Crippen LogP contribution is 2.28. The minimum atomic E-state index is 0.00541. The fraction of sp³-hybridized carbons (Fsp3) is 0.867. The van der Waals surface area contributed by atoms with Crippen molar-refractivity contribution in [3.05, 3.63) is 0 Å². The van der Waals surface area contributed by atoms with Crippen LogP contribution in [0.15, 0.2) is 0 Å². The molecule has 0 heterocycles. The first-order valence-corrected chi connectivity index (χ1v) is 7.77. The fourth-order valence-corrected chi connectivity index (χ4v) is 2.51. The lowest BCUT2D eigenvalue weighted by molar-refractivity contribution is -0.126. The maximum absolute atomic E-state index is 12.0. The molecule has 116 valence electrons. The molecule has 0 aliphatic heterocycles.